The molecule has 1 aromatic rings. The van der Waals surface area contributed by atoms with E-state index in [-0.39, 0.29) is 17.1 Å². The summed E-state index contributed by atoms with van der Waals surface area (Å²) < 4.78 is 0. The first-order valence-electron chi connectivity index (χ1n) is 6.13. The minimum atomic E-state index is -0.337. The molecule has 1 amide bonds. The van der Waals surface area contributed by atoms with Crippen molar-refractivity contribution < 1.29 is 9.59 Å². The third kappa shape index (κ3) is 2.91. The second-order valence-corrected chi connectivity index (χ2v) is 5.13. The number of carbonyl (C=O) groups excluding carboxylic acids is 2. The van der Waals surface area contributed by atoms with Gasteiger partial charge in [0.15, 0.2) is 0 Å². The Kier molecular flexibility index (Phi) is 4.02. The Morgan fingerprint density at radius 3 is 2.56 bits per heavy atom. The number of piperidine rings is 1. The topological polar surface area (TPSA) is 37.4 Å². The van der Waals surface area contributed by atoms with E-state index in [0.717, 1.165) is 18.4 Å². The maximum absolute atomic E-state index is 12.3. The normalized spacial score (nSPS) is 19.7. The van der Waals surface area contributed by atoms with Crippen LogP contribution in [0.2, 0.25) is 0 Å². The molecule has 4 heteroatoms. The summed E-state index contributed by atoms with van der Waals surface area (Å²) in [5.41, 5.74) is 1.79. The van der Waals surface area contributed by atoms with Crippen LogP contribution in [0, 0.1) is 12.8 Å². The highest BCUT2D eigenvalue weighted by Crippen LogP contribution is 2.20. The molecule has 1 fully saturated rings. The van der Waals surface area contributed by atoms with Gasteiger partial charge < -0.3 is 4.90 Å². The number of amides is 1. The molecule has 1 aliphatic heterocycles. The van der Waals surface area contributed by atoms with Crippen LogP contribution in [0.1, 0.15) is 28.8 Å². The number of likely N-dealkylation sites (tertiary alicyclic amines) is 1. The Labute approximate surface area is 112 Å². The first-order valence-corrected chi connectivity index (χ1v) is 6.51. The van der Waals surface area contributed by atoms with Gasteiger partial charge in [-0.1, -0.05) is 17.7 Å². The lowest BCUT2D eigenvalue weighted by atomic mass is 9.98. The predicted molar refractivity (Wildman–Crippen MR) is 70.7 cm³/mol. The van der Waals surface area contributed by atoms with Crippen LogP contribution in [0.15, 0.2) is 24.3 Å². The van der Waals surface area contributed by atoms with E-state index in [1.807, 2.05) is 31.2 Å². The number of halogens is 1. The molecular formula is C14H16ClNO2. The Morgan fingerprint density at radius 2 is 1.94 bits per heavy atom. The number of hydrogen-bond acceptors (Lipinski definition) is 2. The number of hydrogen-bond donors (Lipinski definition) is 0. The fraction of sp³-hybridized carbons (Fsp3) is 0.429. The van der Waals surface area contributed by atoms with Gasteiger partial charge in [0.1, 0.15) is 0 Å². The highest BCUT2D eigenvalue weighted by molar-refractivity contribution is 6.64. The zero-order valence-corrected chi connectivity index (χ0v) is 11.1. The highest BCUT2D eigenvalue weighted by Gasteiger charge is 2.27. The molecule has 1 heterocycles. The summed E-state index contributed by atoms with van der Waals surface area (Å²) in [5.74, 6) is -0.229. The molecule has 1 unspecified atom stereocenters. The Morgan fingerprint density at radius 1 is 1.28 bits per heavy atom. The molecule has 0 saturated carbocycles. The zero-order valence-electron chi connectivity index (χ0n) is 10.4. The average Bonchev–Trinajstić information content (AvgIpc) is 2.39. The summed E-state index contributed by atoms with van der Waals surface area (Å²) in [6, 6.07) is 7.48. The molecule has 0 aliphatic carbocycles. The lowest BCUT2D eigenvalue weighted by molar-refractivity contribution is -0.116. The van der Waals surface area contributed by atoms with Crippen LogP contribution in [0.3, 0.4) is 0 Å². The third-order valence-corrected chi connectivity index (χ3v) is 3.64. The molecule has 3 nitrogen and oxygen atoms in total. The first kappa shape index (κ1) is 13.1. The summed E-state index contributed by atoms with van der Waals surface area (Å²) in [4.78, 5) is 25.1. The molecule has 1 atom stereocenters. The van der Waals surface area contributed by atoms with E-state index in [1.54, 1.807) is 4.90 Å². The predicted octanol–water partition coefficient (Wildman–Crippen LogP) is 2.61. The quantitative estimate of drug-likeness (QED) is 0.771. The second-order valence-electron chi connectivity index (χ2n) is 4.76. The Balaban J connectivity index is 2.09. The standard InChI is InChI=1S/C14H16ClNO2/c1-10-4-6-11(7-5-10)14(18)16-8-2-3-12(9-16)13(15)17/h4-7,12H,2-3,8-9H2,1H3. The van der Waals surface area contributed by atoms with Crippen molar-refractivity contribution in [3.05, 3.63) is 35.4 Å². The van der Waals surface area contributed by atoms with Gasteiger partial charge in [0.05, 0.1) is 5.92 Å². The molecule has 96 valence electrons. The summed E-state index contributed by atoms with van der Waals surface area (Å²) >= 11 is 5.52. The minimum absolute atomic E-state index is 0.0161. The summed E-state index contributed by atoms with van der Waals surface area (Å²) in [6.45, 7) is 3.12. The maximum Gasteiger partial charge on any atom is 0.253 e. The molecule has 0 radical (unpaired) electrons. The summed E-state index contributed by atoms with van der Waals surface area (Å²) in [6.07, 6.45) is 1.61. The van der Waals surface area contributed by atoms with Crippen molar-refractivity contribution in [1.82, 2.24) is 4.90 Å². The fourth-order valence-corrected chi connectivity index (χ4v) is 2.40. The molecule has 18 heavy (non-hydrogen) atoms. The lowest BCUT2D eigenvalue weighted by Gasteiger charge is -2.31. The highest BCUT2D eigenvalue weighted by atomic mass is 35.5. The van der Waals surface area contributed by atoms with Crippen molar-refractivity contribution in [3.8, 4) is 0 Å². The van der Waals surface area contributed by atoms with Gasteiger partial charge in [-0.25, -0.2) is 0 Å². The van der Waals surface area contributed by atoms with Crippen molar-refractivity contribution in [3.63, 3.8) is 0 Å². The van der Waals surface area contributed by atoms with E-state index in [1.165, 1.54) is 0 Å². The van der Waals surface area contributed by atoms with Gasteiger partial charge in [0, 0.05) is 18.7 Å². The number of rotatable bonds is 2. The monoisotopic (exact) mass is 265 g/mol. The average molecular weight is 266 g/mol. The van der Waals surface area contributed by atoms with Crippen molar-refractivity contribution in [2.75, 3.05) is 13.1 Å². The summed E-state index contributed by atoms with van der Waals surface area (Å²) in [7, 11) is 0. The van der Waals surface area contributed by atoms with E-state index < -0.39 is 0 Å². The molecule has 0 bridgehead atoms. The van der Waals surface area contributed by atoms with Crippen molar-refractivity contribution >= 4 is 22.8 Å². The van der Waals surface area contributed by atoms with Gasteiger partial charge in [-0.05, 0) is 43.5 Å². The van der Waals surface area contributed by atoms with E-state index in [0.29, 0.717) is 18.7 Å². The van der Waals surface area contributed by atoms with E-state index >= 15 is 0 Å². The van der Waals surface area contributed by atoms with Crippen LogP contribution in [0.5, 0.6) is 0 Å². The largest absolute Gasteiger partial charge is 0.338 e. The van der Waals surface area contributed by atoms with Crippen molar-refractivity contribution in [2.24, 2.45) is 5.92 Å². The molecule has 0 spiro atoms. The van der Waals surface area contributed by atoms with Gasteiger partial charge in [-0.2, -0.15) is 0 Å². The number of benzene rings is 1. The first-order chi connectivity index (χ1) is 8.58. The lowest BCUT2D eigenvalue weighted by Crippen LogP contribution is -2.41. The van der Waals surface area contributed by atoms with Crippen LogP contribution in [0.25, 0.3) is 0 Å². The third-order valence-electron chi connectivity index (χ3n) is 3.33. The van der Waals surface area contributed by atoms with Gasteiger partial charge in [-0.15, -0.1) is 0 Å². The Hall–Kier alpha value is -1.35. The van der Waals surface area contributed by atoms with Gasteiger partial charge in [0.2, 0.25) is 5.24 Å². The smallest absolute Gasteiger partial charge is 0.253 e. The van der Waals surface area contributed by atoms with Crippen LogP contribution < -0.4 is 0 Å². The van der Waals surface area contributed by atoms with Gasteiger partial charge in [-0.3, -0.25) is 9.59 Å². The molecule has 1 aromatic carbocycles. The molecule has 1 saturated heterocycles. The van der Waals surface area contributed by atoms with Crippen LogP contribution >= 0.6 is 11.6 Å². The second kappa shape index (κ2) is 5.53. The van der Waals surface area contributed by atoms with E-state index in [4.69, 9.17) is 11.6 Å². The van der Waals surface area contributed by atoms with Crippen LogP contribution in [0.4, 0.5) is 0 Å². The van der Waals surface area contributed by atoms with Crippen molar-refractivity contribution in [2.45, 2.75) is 19.8 Å². The molecule has 2 rings (SSSR count). The van der Waals surface area contributed by atoms with Gasteiger partial charge in [0.25, 0.3) is 5.91 Å². The minimum Gasteiger partial charge on any atom is -0.338 e. The SMILES string of the molecule is Cc1ccc(C(=O)N2CCCC(C(=O)Cl)C2)cc1. The Bertz CT molecular complexity index is 455. The van der Waals surface area contributed by atoms with Crippen LogP contribution in [-0.4, -0.2) is 29.1 Å². The molecule has 0 aromatic heterocycles. The summed E-state index contributed by atoms with van der Waals surface area (Å²) in [5, 5.41) is -0.337. The zero-order chi connectivity index (χ0) is 13.1. The number of aryl methyl sites for hydroxylation is 1. The number of carbonyl (C=O) groups is 2. The number of nitrogens with zero attached hydrogens (tertiary/aromatic N) is 1. The van der Waals surface area contributed by atoms with E-state index in [9.17, 15) is 9.59 Å². The molecule has 1 aliphatic rings. The molecular weight excluding hydrogens is 250 g/mol. The van der Waals surface area contributed by atoms with Crippen molar-refractivity contribution in [1.29, 1.82) is 0 Å². The molecule has 0 N–H and O–H groups in total. The van der Waals surface area contributed by atoms with Crippen LogP contribution in [-0.2, 0) is 4.79 Å². The maximum atomic E-state index is 12.3. The van der Waals surface area contributed by atoms with E-state index in [2.05, 4.69) is 0 Å². The fourth-order valence-electron chi connectivity index (χ4n) is 2.23. The van der Waals surface area contributed by atoms with Gasteiger partial charge >= 0.3 is 0 Å².